The first kappa shape index (κ1) is 30.4. The Morgan fingerprint density at radius 3 is 1.96 bits per heavy atom. The molecule has 0 saturated carbocycles. The molecule has 8 aromatic rings. The van der Waals surface area contributed by atoms with Crippen molar-refractivity contribution < 1.29 is 20.4 Å². The van der Waals surface area contributed by atoms with Gasteiger partial charge in [0.25, 0.3) is 0 Å². The van der Waals surface area contributed by atoms with Crippen LogP contribution in [0.2, 0.25) is 0 Å². The maximum Gasteiger partial charge on any atom is 2.00 e. The molecule has 0 spiro atoms. The Morgan fingerprint density at radius 1 is 0.583 bits per heavy atom. The minimum atomic E-state index is -2.92. The van der Waals surface area contributed by atoms with E-state index in [-0.39, 0.29) is 25.8 Å². The van der Waals surface area contributed by atoms with Gasteiger partial charge in [0.2, 0.25) is 0 Å². The van der Waals surface area contributed by atoms with E-state index < -0.39 is 8.07 Å². The molecule has 5 heteroatoms. The summed E-state index contributed by atoms with van der Waals surface area (Å²) in [4.78, 5) is 9.79. The second-order valence-electron chi connectivity index (χ2n) is 12.8. The monoisotopic (exact) mass is 723 g/mol. The topological polar surface area (TPSA) is 30.7 Å². The quantitative estimate of drug-likeness (QED) is 0.147. The van der Waals surface area contributed by atoms with Crippen molar-refractivity contribution in [3.63, 3.8) is 0 Å². The first-order valence-corrected chi connectivity index (χ1v) is 18.1. The van der Waals surface area contributed by atoms with Gasteiger partial charge in [-0.2, -0.15) is 23.4 Å². The van der Waals surface area contributed by atoms with Gasteiger partial charge in [-0.3, -0.25) is 4.98 Å². The molecule has 0 amide bonds. The zero-order chi connectivity index (χ0) is 31.6. The standard InChI is InChI=1S/C43H31N3Si.Pd/c1-43(2)35-17-4-7-21-40(35)47(42-23-10-12-27-45-42,41-22-8-5-18-36(41)43)32-24-25-34-33-16-3-6-20-38(33)46(39(34)29-32)31-15-13-14-30(28-31)37-19-9-11-26-44-37;/h3-27H,1-2H3;/q-2;+2. The van der Waals surface area contributed by atoms with Crippen molar-refractivity contribution in [2.75, 3.05) is 0 Å². The molecule has 4 heterocycles. The van der Waals surface area contributed by atoms with Gasteiger partial charge in [-0.05, 0) is 62.5 Å². The second-order valence-corrected chi connectivity index (χ2v) is 16.5. The van der Waals surface area contributed by atoms with E-state index in [0.717, 1.165) is 33.3 Å². The fourth-order valence-electron chi connectivity index (χ4n) is 7.91. The van der Waals surface area contributed by atoms with Gasteiger partial charge < -0.3 is 9.55 Å². The van der Waals surface area contributed by atoms with Crippen LogP contribution in [0.5, 0.6) is 0 Å². The molecule has 232 valence electrons. The number of pyridine rings is 2. The molecular formula is C43H31N3PdSi. The largest absolute Gasteiger partial charge is 2.00 e. The van der Waals surface area contributed by atoms with Crippen LogP contribution in [0.25, 0.3) is 38.8 Å². The van der Waals surface area contributed by atoms with Crippen LogP contribution in [-0.4, -0.2) is 22.6 Å². The summed E-state index contributed by atoms with van der Waals surface area (Å²) in [5.74, 6) is 0. The minimum Gasteiger partial charge on any atom is -0.352 e. The third-order valence-electron chi connectivity index (χ3n) is 10.0. The van der Waals surface area contributed by atoms with Crippen molar-refractivity contribution in [1.29, 1.82) is 0 Å². The SMILES string of the molecule is CC1(C)c2ccccc2[Si](c2[c-]c3c(cc2)c2ccccc2n3-c2[c-]c(-c3ccccn3)ccc2)(c2ccccn2)c2ccccc21.[Pd+2]. The zero-order valence-corrected chi connectivity index (χ0v) is 29.1. The average molecular weight is 724 g/mol. The van der Waals surface area contributed by atoms with Gasteiger partial charge in [0, 0.05) is 28.6 Å². The van der Waals surface area contributed by atoms with Crippen LogP contribution in [0.3, 0.4) is 0 Å². The first-order valence-electron chi connectivity index (χ1n) is 16.1. The fourth-order valence-corrected chi connectivity index (χ4v) is 13.2. The van der Waals surface area contributed by atoms with E-state index >= 15 is 0 Å². The second kappa shape index (κ2) is 11.6. The van der Waals surface area contributed by atoms with Crippen LogP contribution < -0.4 is 20.9 Å². The van der Waals surface area contributed by atoms with Gasteiger partial charge in [-0.1, -0.05) is 104 Å². The van der Waals surface area contributed by atoms with Crippen molar-refractivity contribution in [1.82, 2.24) is 14.5 Å². The summed E-state index contributed by atoms with van der Waals surface area (Å²) in [6, 6.07) is 57.9. The van der Waals surface area contributed by atoms with Crippen molar-refractivity contribution in [2.45, 2.75) is 19.3 Å². The van der Waals surface area contributed by atoms with Gasteiger partial charge in [0.05, 0.1) is 0 Å². The third-order valence-corrected chi connectivity index (χ3v) is 14.7. The molecule has 48 heavy (non-hydrogen) atoms. The van der Waals surface area contributed by atoms with Crippen molar-refractivity contribution >= 4 is 50.8 Å². The number of para-hydroxylation sites is 1. The molecule has 1 aliphatic rings. The minimum absolute atomic E-state index is 0. The molecule has 0 bridgehead atoms. The number of hydrogen-bond donors (Lipinski definition) is 0. The Labute approximate surface area is 295 Å². The van der Waals surface area contributed by atoms with Crippen LogP contribution >= 0.6 is 0 Å². The Bertz CT molecular complexity index is 2400. The van der Waals surface area contributed by atoms with E-state index in [4.69, 9.17) is 4.98 Å². The van der Waals surface area contributed by atoms with E-state index in [2.05, 4.69) is 151 Å². The predicted molar refractivity (Wildman–Crippen MR) is 195 cm³/mol. The zero-order valence-electron chi connectivity index (χ0n) is 26.6. The Morgan fingerprint density at radius 2 is 1.25 bits per heavy atom. The van der Waals surface area contributed by atoms with E-state index in [1.165, 1.54) is 37.5 Å². The molecule has 0 N–H and O–H groups in total. The van der Waals surface area contributed by atoms with Crippen molar-refractivity contribution in [3.05, 3.63) is 175 Å². The Balaban J connectivity index is 0.00000336. The summed E-state index contributed by atoms with van der Waals surface area (Å²) in [7, 11) is -2.92. The molecule has 0 radical (unpaired) electrons. The van der Waals surface area contributed by atoms with Crippen LogP contribution in [0.4, 0.5) is 0 Å². The van der Waals surface area contributed by atoms with E-state index in [1.54, 1.807) is 0 Å². The van der Waals surface area contributed by atoms with Gasteiger partial charge >= 0.3 is 20.4 Å². The first-order chi connectivity index (χ1) is 23.1. The summed E-state index contributed by atoms with van der Waals surface area (Å²) < 4.78 is 2.33. The van der Waals surface area contributed by atoms with E-state index in [1.807, 2.05) is 36.7 Å². The summed E-state index contributed by atoms with van der Waals surface area (Å²) in [5, 5.41) is 7.44. The molecule has 1 aliphatic heterocycles. The van der Waals surface area contributed by atoms with Crippen LogP contribution in [-0.2, 0) is 25.8 Å². The fraction of sp³-hybridized carbons (Fsp3) is 0.0698. The summed E-state index contributed by atoms with van der Waals surface area (Å²) in [6.07, 6.45) is 3.78. The maximum atomic E-state index is 5.17. The molecule has 0 aliphatic carbocycles. The maximum absolute atomic E-state index is 5.17. The number of hydrogen-bond acceptors (Lipinski definition) is 2. The third kappa shape index (κ3) is 4.36. The molecule has 0 unspecified atom stereocenters. The summed E-state index contributed by atoms with van der Waals surface area (Å²) >= 11 is 0. The Hall–Kier alpha value is -4.92. The van der Waals surface area contributed by atoms with Gasteiger partial charge in [0.1, 0.15) is 0 Å². The molecule has 5 aromatic carbocycles. The van der Waals surface area contributed by atoms with E-state index in [9.17, 15) is 0 Å². The molecule has 0 atom stereocenters. The smallest absolute Gasteiger partial charge is 0.352 e. The Kier molecular flexibility index (Phi) is 7.38. The predicted octanol–water partition coefficient (Wildman–Crippen LogP) is 6.86. The van der Waals surface area contributed by atoms with E-state index in [0.29, 0.717) is 0 Å². The van der Waals surface area contributed by atoms with Crippen LogP contribution in [0.1, 0.15) is 25.0 Å². The van der Waals surface area contributed by atoms with Crippen LogP contribution in [0, 0.1) is 12.1 Å². The van der Waals surface area contributed by atoms with Crippen molar-refractivity contribution in [2.24, 2.45) is 0 Å². The molecule has 3 aromatic heterocycles. The average Bonchev–Trinajstić information content (AvgIpc) is 3.47. The van der Waals surface area contributed by atoms with Gasteiger partial charge in [-0.25, -0.2) is 0 Å². The molecule has 3 nitrogen and oxygen atoms in total. The number of fused-ring (bicyclic) bond motifs is 5. The number of benzene rings is 5. The number of nitrogens with zero attached hydrogens (tertiary/aromatic N) is 3. The molecule has 0 fully saturated rings. The van der Waals surface area contributed by atoms with Crippen molar-refractivity contribution in [3.8, 4) is 16.9 Å². The number of aromatic nitrogens is 3. The number of rotatable bonds is 4. The normalized spacial score (nSPS) is 14.2. The molecule has 9 rings (SSSR count). The van der Waals surface area contributed by atoms with Gasteiger partial charge in [-0.15, -0.1) is 35.2 Å². The summed E-state index contributed by atoms with van der Waals surface area (Å²) in [6.45, 7) is 4.72. The van der Waals surface area contributed by atoms with Gasteiger partial charge in [0.15, 0.2) is 8.07 Å². The summed E-state index contributed by atoms with van der Waals surface area (Å²) in [5.41, 5.74) is 7.57. The molecule has 0 saturated heterocycles. The van der Waals surface area contributed by atoms with Crippen LogP contribution in [0.15, 0.2) is 152 Å². The molecular weight excluding hydrogens is 693 g/mol.